The lowest BCUT2D eigenvalue weighted by Gasteiger charge is -2.34. The van der Waals surface area contributed by atoms with Crippen LogP contribution in [0.5, 0.6) is 5.75 Å². The van der Waals surface area contributed by atoms with Gasteiger partial charge in [-0.25, -0.2) is 9.18 Å². The van der Waals surface area contributed by atoms with E-state index in [0.717, 1.165) is 49.4 Å². The van der Waals surface area contributed by atoms with Crippen LogP contribution in [0.3, 0.4) is 0 Å². The van der Waals surface area contributed by atoms with E-state index in [1.165, 1.54) is 17.7 Å². The number of piperidine rings is 1. The molecule has 0 radical (unpaired) electrons. The lowest BCUT2D eigenvalue weighted by molar-refractivity contribution is 0.0595. The molecule has 0 saturated carbocycles. The minimum atomic E-state index is -0.277. The molecule has 0 unspecified atom stereocenters. The van der Waals surface area contributed by atoms with Crippen molar-refractivity contribution in [1.82, 2.24) is 14.7 Å². The van der Waals surface area contributed by atoms with Gasteiger partial charge in [-0.15, -0.1) is 0 Å². The molecule has 2 amide bonds. The molecule has 0 N–H and O–H groups in total. The van der Waals surface area contributed by atoms with Gasteiger partial charge >= 0.3 is 6.09 Å². The number of carbonyl (C=O) groups is 2. The second-order valence-corrected chi connectivity index (χ2v) is 10.3. The molecule has 0 aromatic heterocycles. The van der Waals surface area contributed by atoms with Gasteiger partial charge in [0.15, 0.2) is 0 Å². The molecule has 2 saturated heterocycles. The van der Waals surface area contributed by atoms with Gasteiger partial charge in [0, 0.05) is 64.2 Å². The van der Waals surface area contributed by atoms with Crippen LogP contribution in [0.15, 0.2) is 72.8 Å². The fraction of sp³-hybridized carbons (Fsp3) is 0.375. The first-order valence-corrected chi connectivity index (χ1v) is 14.0. The Labute approximate surface area is 235 Å². The van der Waals surface area contributed by atoms with Crippen LogP contribution in [-0.2, 0) is 11.3 Å². The Morgan fingerprint density at radius 1 is 0.825 bits per heavy atom. The Kier molecular flexibility index (Phi) is 8.96. The molecular weight excluding hydrogens is 509 g/mol. The average molecular weight is 546 g/mol. The molecule has 8 heteroatoms. The molecule has 210 valence electrons. The van der Waals surface area contributed by atoms with Crippen LogP contribution in [0.1, 0.15) is 35.7 Å². The second kappa shape index (κ2) is 13.0. The molecule has 0 atom stereocenters. The van der Waals surface area contributed by atoms with Crippen LogP contribution in [-0.4, -0.2) is 78.7 Å². The van der Waals surface area contributed by atoms with Crippen LogP contribution in [0.25, 0.3) is 11.1 Å². The van der Waals surface area contributed by atoms with E-state index in [2.05, 4.69) is 17.0 Å². The number of hydrogen-bond donors (Lipinski definition) is 0. The Balaban J connectivity index is 1.09. The Hall–Kier alpha value is -3.91. The summed E-state index contributed by atoms with van der Waals surface area (Å²) in [6.07, 6.45) is 1.37. The van der Waals surface area contributed by atoms with E-state index in [-0.39, 0.29) is 23.9 Å². The van der Waals surface area contributed by atoms with Gasteiger partial charge < -0.3 is 19.3 Å². The van der Waals surface area contributed by atoms with Crippen molar-refractivity contribution in [2.75, 3.05) is 45.9 Å². The van der Waals surface area contributed by atoms with Crippen LogP contribution in [0.4, 0.5) is 9.18 Å². The summed E-state index contributed by atoms with van der Waals surface area (Å²) in [5, 5.41) is 0. The predicted octanol–water partition coefficient (Wildman–Crippen LogP) is 5.45. The first-order valence-electron chi connectivity index (χ1n) is 14.0. The highest BCUT2D eigenvalue weighted by Crippen LogP contribution is 2.24. The van der Waals surface area contributed by atoms with Crippen molar-refractivity contribution in [1.29, 1.82) is 0 Å². The summed E-state index contributed by atoms with van der Waals surface area (Å²) < 4.78 is 25.0. The third kappa shape index (κ3) is 6.99. The van der Waals surface area contributed by atoms with Crippen molar-refractivity contribution in [2.24, 2.45) is 0 Å². The first-order chi connectivity index (χ1) is 19.5. The Morgan fingerprint density at radius 3 is 2.25 bits per heavy atom. The number of rotatable bonds is 7. The zero-order valence-electron chi connectivity index (χ0n) is 22.9. The lowest BCUT2D eigenvalue weighted by Crippen LogP contribution is -2.48. The predicted molar refractivity (Wildman–Crippen MR) is 152 cm³/mol. The van der Waals surface area contributed by atoms with Crippen molar-refractivity contribution < 1.29 is 23.5 Å². The van der Waals surface area contributed by atoms with Gasteiger partial charge in [-0.05, 0) is 60.0 Å². The summed E-state index contributed by atoms with van der Waals surface area (Å²) in [5.74, 6) is 0.579. The minimum absolute atomic E-state index is 0.00860. The largest absolute Gasteiger partial charge is 0.490 e. The smallest absolute Gasteiger partial charge is 0.409 e. The number of piperazine rings is 1. The number of nitrogens with zero attached hydrogens (tertiary/aromatic N) is 3. The summed E-state index contributed by atoms with van der Waals surface area (Å²) in [4.78, 5) is 31.0. The maximum atomic E-state index is 13.6. The van der Waals surface area contributed by atoms with Crippen molar-refractivity contribution in [3.05, 3.63) is 89.7 Å². The van der Waals surface area contributed by atoms with Crippen molar-refractivity contribution in [3.63, 3.8) is 0 Å². The van der Waals surface area contributed by atoms with Gasteiger partial charge in [-0.3, -0.25) is 9.69 Å². The van der Waals surface area contributed by atoms with Crippen LogP contribution < -0.4 is 4.74 Å². The van der Waals surface area contributed by atoms with Crippen LogP contribution in [0.2, 0.25) is 0 Å². The molecule has 3 aromatic carbocycles. The fourth-order valence-corrected chi connectivity index (χ4v) is 5.30. The van der Waals surface area contributed by atoms with E-state index in [1.807, 2.05) is 54.3 Å². The average Bonchev–Trinajstić information content (AvgIpc) is 2.98. The van der Waals surface area contributed by atoms with E-state index in [1.54, 1.807) is 11.0 Å². The lowest BCUT2D eigenvalue weighted by atomic mass is 10.0. The number of amides is 2. The highest BCUT2D eigenvalue weighted by Gasteiger charge is 2.25. The monoisotopic (exact) mass is 545 g/mol. The standard InChI is InChI=1S/C32H36FN3O4/c1-2-39-32(38)36-19-17-34(18-20-36)23-24-5-3-8-30(21-24)40-29-13-15-35(16-14-29)31(37)26-11-9-25(10-12-26)27-6-4-7-28(33)22-27/h3-12,21-22,29H,2,13-20,23H2,1H3. The van der Waals surface area contributed by atoms with Gasteiger partial charge in [-0.2, -0.15) is 0 Å². The highest BCUT2D eigenvalue weighted by atomic mass is 19.1. The third-order valence-corrected chi connectivity index (χ3v) is 7.52. The Morgan fingerprint density at radius 2 is 1.55 bits per heavy atom. The van der Waals surface area contributed by atoms with E-state index in [4.69, 9.17) is 9.47 Å². The van der Waals surface area contributed by atoms with E-state index < -0.39 is 0 Å². The summed E-state index contributed by atoms with van der Waals surface area (Å²) in [5.41, 5.74) is 3.48. The molecule has 40 heavy (non-hydrogen) atoms. The molecule has 5 rings (SSSR count). The molecule has 2 heterocycles. The van der Waals surface area contributed by atoms with Crippen molar-refractivity contribution >= 4 is 12.0 Å². The van der Waals surface area contributed by atoms with E-state index in [9.17, 15) is 14.0 Å². The SMILES string of the molecule is CCOC(=O)N1CCN(Cc2cccc(OC3CCN(C(=O)c4ccc(-c5cccc(F)c5)cc4)CC3)c2)CC1. The number of benzene rings is 3. The van der Waals surface area contributed by atoms with E-state index in [0.29, 0.717) is 38.3 Å². The normalized spacial score (nSPS) is 16.6. The van der Waals surface area contributed by atoms with E-state index >= 15 is 0 Å². The zero-order valence-corrected chi connectivity index (χ0v) is 22.9. The molecule has 0 spiro atoms. The molecule has 0 bridgehead atoms. The summed E-state index contributed by atoms with van der Waals surface area (Å²) in [7, 11) is 0. The Bertz CT molecular complexity index is 1300. The van der Waals surface area contributed by atoms with Gasteiger partial charge in [0.25, 0.3) is 5.91 Å². The number of ether oxygens (including phenoxy) is 2. The number of hydrogen-bond acceptors (Lipinski definition) is 5. The van der Waals surface area contributed by atoms with Gasteiger partial charge in [0.05, 0.1) is 6.61 Å². The number of halogens is 1. The zero-order chi connectivity index (χ0) is 27.9. The second-order valence-electron chi connectivity index (χ2n) is 10.3. The maximum Gasteiger partial charge on any atom is 0.409 e. The fourth-order valence-electron chi connectivity index (χ4n) is 5.30. The summed E-state index contributed by atoms with van der Waals surface area (Å²) in [6, 6.07) is 22.0. The van der Waals surface area contributed by atoms with Crippen molar-refractivity contribution in [3.8, 4) is 16.9 Å². The highest BCUT2D eigenvalue weighted by molar-refractivity contribution is 5.94. The molecule has 2 fully saturated rings. The molecule has 2 aliphatic heterocycles. The summed E-state index contributed by atoms with van der Waals surface area (Å²) in [6.45, 7) is 7.26. The minimum Gasteiger partial charge on any atom is -0.490 e. The molecule has 7 nitrogen and oxygen atoms in total. The van der Waals surface area contributed by atoms with Crippen LogP contribution in [0, 0.1) is 5.82 Å². The summed E-state index contributed by atoms with van der Waals surface area (Å²) >= 11 is 0. The molecular formula is C32H36FN3O4. The van der Waals surface area contributed by atoms with Gasteiger partial charge in [-0.1, -0.05) is 36.4 Å². The number of carbonyl (C=O) groups excluding carboxylic acids is 2. The third-order valence-electron chi connectivity index (χ3n) is 7.52. The number of likely N-dealkylation sites (tertiary alicyclic amines) is 1. The topological polar surface area (TPSA) is 62.3 Å². The van der Waals surface area contributed by atoms with Crippen LogP contribution >= 0.6 is 0 Å². The van der Waals surface area contributed by atoms with Crippen molar-refractivity contribution in [2.45, 2.75) is 32.4 Å². The van der Waals surface area contributed by atoms with Gasteiger partial charge in [0.1, 0.15) is 17.7 Å². The first kappa shape index (κ1) is 27.6. The quantitative estimate of drug-likeness (QED) is 0.395. The maximum absolute atomic E-state index is 13.6. The molecule has 0 aliphatic carbocycles. The van der Waals surface area contributed by atoms with Gasteiger partial charge in [0.2, 0.25) is 0 Å². The molecule has 3 aromatic rings. The molecule has 2 aliphatic rings.